The molecule has 0 heterocycles. The van der Waals surface area contributed by atoms with E-state index in [1.165, 1.54) is 32.2 Å². The first kappa shape index (κ1) is 14.0. The minimum absolute atomic E-state index is 0.0154. The van der Waals surface area contributed by atoms with Crippen LogP contribution in [0, 0.1) is 5.82 Å². The number of methoxy groups -OCH3 is 1. The Kier molecular flexibility index (Phi) is 5.10. The predicted molar refractivity (Wildman–Crippen MR) is 61.5 cm³/mol. The predicted octanol–water partition coefficient (Wildman–Crippen LogP) is 0.882. The fraction of sp³-hybridized carbons (Fsp3) is 0.333. The van der Waals surface area contributed by atoms with E-state index in [-0.39, 0.29) is 12.4 Å². The molecule has 1 rings (SSSR count). The molecule has 5 nitrogen and oxygen atoms in total. The Balaban J connectivity index is 2.43. The molecule has 0 aliphatic rings. The van der Waals surface area contributed by atoms with Crippen LogP contribution in [-0.2, 0) is 14.3 Å². The Labute approximate surface area is 104 Å². The van der Waals surface area contributed by atoms with Crippen LogP contribution in [0.4, 0.5) is 4.39 Å². The molecular formula is C12H14FNO4. The fourth-order valence-corrected chi connectivity index (χ4v) is 1.22. The third kappa shape index (κ3) is 4.04. The summed E-state index contributed by atoms with van der Waals surface area (Å²) in [6.07, 6.45) is 0. The summed E-state index contributed by atoms with van der Waals surface area (Å²) in [5.41, 5.74) is 0. The molecule has 18 heavy (non-hydrogen) atoms. The van der Waals surface area contributed by atoms with Gasteiger partial charge in [0.1, 0.15) is 6.04 Å². The van der Waals surface area contributed by atoms with Crippen LogP contribution in [0.2, 0.25) is 0 Å². The number of esters is 1. The van der Waals surface area contributed by atoms with Gasteiger partial charge in [0.15, 0.2) is 18.2 Å². The first-order valence-corrected chi connectivity index (χ1v) is 5.29. The van der Waals surface area contributed by atoms with E-state index >= 15 is 0 Å². The molecule has 0 aromatic heterocycles. The van der Waals surface area contributed by atoms with E-state index in [4.69, 9.17) is 4.74 Å². The van der Waals surface area contributed by atoms with Crippen LogP contribution in [0.1, 0.15) is 6.92 Å². The molecule has 0 radical (unpaired) electrons. The maximum atomic E-state index is 13.2. The van der Waals surface area contributed by atoms with Gasteiger partial charge in [-0.2, -0.15) is 0 Å². The molecule has 1 atom stereocenters. The monoisotopic (exact) mass is 255 g/mol. The van der Waals surface area contributed by atoms with Gasteiger partial charge in [0, 0.05) is 0 Å². The number of rotatable bonds is 5. The lowest BCUT2D eigenvalue weighted by Gasteiger charge is -2.12. The van der Waals surface area contributed by atoms with Crippen molar-refractivity contribution in [1.29, 1.82) is 0 Å². The zero-order chi connectivity index (χ0) is 13.5. The molecule has 0 spiro atoms. The average molecular weight is 255 g/mol. The maximum Gasteiger partial charge on any atom is 0.328 e. The zero-order valence-electron chi connectivity index (χ0n) is 10.1. The van der Waals surface area contributed by atoms with Gasteiger partial charge in [0.25, 0.3) is 5.91 Å². The number of ether oxygens (including phenoxy) is 2. The molecule has 1 aromatic rings. The lowest BCUT2D eigenvalue weighted by atomic mass is 10.3. The molecule has 6 heteroatoms. The molecule has 0 bridgehead atoms. The van der Waals surface area contributed by atoms with E-state index < -0.39 is 23.7 Å². The maximum absolute atomic E-state index is 13.2. The van der Waals surface area contributed by atoms with Crippen molar-refractivity contribution in [3.05, 3.63) is 30.1 Å². The van der Waals surface area contributed by atoms with Crippen molar-refractivity contribution in [2.75, 3.05) is 13.7 Å². The minimum Gasteiger partial charge on any atom is -0.481 e. The highest BCUT2D eigenvalue weighted by molar-refractivity contribution is 5.84. The summed E-state index contributed by atoms with van der Waals surface area (Å²) in [5, 5.41) is 2.36. The number of hydrogen-bond donors (Lipinski definition) is 1. The largest absolute Gasteiger partial charge is 0.481 e. The van der Waals surface area contributed by atoms with Gasteiger partial charge in [-0.1, -0.05) is 12.1 Å². The van der Waals surface area contributed by atoms with Crippen molar-refractivity contribution in [3.63, 3.8) is 0 Å². The van der Waals surface area contributed by atoms with Crippen LogP contribution in [0.15, 0.2) is 24.3 Å². The van der Waals surface area contributed by atoms with Crippen LogP contribution in [0.25, 0.3) is 0 Å². The van der Waals surface area contributed by atoms with Crippen LogP contribution in [0.5, 0.6) is 5.75 Å². The Morgan fingerprint density at radius 3 is 2.67 bits per heavy atom. The molecule has 0 aliphatic carbocycles. The number of benzene rings is 1. The van der Waals surface area contributed by atoms with E-state index in [0.717, 1.165) is 0 Å². The van der Waals surface area contributed by atoms with Gasteiger partial charge in [0.05, 0.1) is 7.11 Å². The molecule has 1 amide bonds. The second-order valence-corrected chi connectivity index (χ2v) is 3.53. The Bertz CT molecular complexity index is 436. The van der Waals surface area contributed by atoms with Gasteiger partial charge in [-0.15, -0.1) is 0 Å². The quantitative estimate of drug-likeness (QED) is 0.793. The van der Waals surface area contributed by atoms with Crippen molar-refractivity contribution in [1.82, 2.24) is 5.32 Å². The lowest BCUT2D eigenvalue weighted by Crippen LogP contribution is -2.41. The SMILES string of the molecule is COC(=O)C(C)NC(=O)COc1ccccc1F. The highest BCUT2D eigenvalue weighted by Gasteiger charge is 2.16. The Hall–Kier alpha value is -2.11. The van der Waals surface area contributed by atoms with E-state index in [2.05, 4.69) is 10.1 Å². The summed E-state index contributed by atoms with van der Waals surface area (Å²) in [7, 11) is 1.22. The van der Waals surface area contributed by atoms with E-state index in [0.29, 0.717) is 0 Å². The molecule has 0 fully saturated rings. The van der Waals surface area contributed by atoms with Gasteiger partial charge in [0.2, 0.25) is 0 Å². The number of para-hydroxylation sites is 1. The topological polar surface area (TPSA) is 64.6 Å². The third-order valence-electron chi connectivity index (χ3n) is 2.13. The number of carbonyl (C=O) groups excluding carboxylic acids is 2. The molecule has 1 aromatic carbocycles. The van der Waals surface area contributed by atoms with Crippen molar-refractivity contribution in [3.8, 4) is 5.75 Å². The highest BCUT2D eigenvalue weighted by atomic mass is 19.1. The van der Waals surface area contributed by atoms with Crippen LogP contribution >= 0.6 is 0 Å². The van der Waals surface area contributed by atoms with Crippen LogP contribution in [-0.4, -0.2) is 31.6 Å². The van der Waals surface area contributed by atoms with E-state index in [1.54, 1.807) is 6.07 Å². The van der Waals surface area contributed by atoms with Gasteiger partial charge in [-0.05, 0) is 19.1 Å². The van der Waals surface area contributed by atoms with Gasteiger partial charge >= 0.3 is 5.97 Å². The summed E-state index contributed by atoms with van der Waals surface area (Å²) in [5.74, 6) is -1.66. The standard InChI is InChI=1S/C12H14FNO4/c1-8(12(16)17-2)14-11(15)7-18-10-6-4-3-5-9(10)13/h3-6,8H,7H2,1-2H3,(H,14,15). The van der Waals surface area contributed by atoms with Crippen molar-refractivity contribution in [2.24, 2.45) is 0 Å². The first-order chi connectivity index (χ1) is 8.54. The van der Waals surface area contributed by atoms with Crippen molar-refractivity contribution >= 4 is 11.9 Å². The normalized spacial score (nSPS) is 11.5. The Morgan fingerprint density at radius 2 is 2.06 bits per heavy atom. The zero-order valence-corrected chi connectivity index (χ0v) is 10.1. The second kappa shape index (κ2) is 6.58. The summed E-state index contributed by atoms with van der Waals surface area (Å²) >= 11 is 0. The van der Waals surface area contributed by atoms with Crippen LogP contribution in [0.3, 0.4) is 0 Å². The molecule has 1 unspecified atom stereocenters. The number of nitrogens with one attached hydrogen (secondary N) is 1. The smallest absolute Gasteiger partial charge is 0.328 e. The molecule has 0 aliphatic heterocycles. The van der Waals surface area contributed by atoms with Gasteiger partial charge in [-0.25, -0.2) is 9.18 Å². The van der Waals surface area contributed by atoms with E-state index in [1.807, 2.05) is 0 Å². The second-order valence-electron chi connectivity index (χ2n) is 3.53. The lowest BCUT2D eigenvalue weighted by molar-refractivity contribution is -0.144. The van der Waals surface area contributed by atoms with Gasteiger partial charge in [-0.3, -0.25) is 4.79 Å². The summed E-state index contributed by atoms with van der Waals surface area (Å²) in [6, 6.07) is 4.97. The number of carbonyl (C=O) groups is 2. The third-order valence-corrected chi connectivity index (χ3v) is 2.13. The number of amides is 1. The molecule has 0 saturated heterocycles. The minimum atomic E-state index is -0.772. The molecule has 98 valence electrons. The molecule has 1 N–H and O–H groups in total. The fourth-order valence-electron chi connectivity index (χ4n) is 1.22. The highest BCUT2D eigenvalue weighted by Crippen LogP contribution is 2.14. The number of halogens is 1. The Morgan fingerprint density at radius 1 is 1.39 bits per heavy atom. The summed E-state index contributed by atoms with van der Waals surface area (Å²) in [4.78, 5) is 22.4. The van der Waals surface area contributed by atoms with Crippen LogP contribution < -0.4 is 10.1 Å². The molecule has 0 saturated carbocycles. The van der Waals surface area contributed by atoms with Crippen molar-refractivity contribution in [2.45, 2.75) is 13.0 Å². The summed E-state index contributed by atoms with van der Waals surface area (Å²) in [6.45, 7) is 1.11. The number of hydrogen-bond acceptors (Lipinski definition) is 4. The summed E-state index contributed by atoms with van der Waals surface area (Å²) < 4.78 is 22.6. The van der Waals surface area contributed by atoms with Crippen molar-refractivity contribution < 1.29 is 23.5 Å². The average Bonchev–Trinajstić information content (AvgIpc) is 2.36. The first-order valence-electron chi connectivity index (χ1n) is 5.29. The molecular weight excluding hydrogens is 241 g/mol. The van der Waals surface area contributed by atoms with E-state index in [9.17, 15) is 14.0 Å². The van der Waals surface area contributed by atoms with Gasteiger partial charge < -0.3 is 14.8 Å².